The van der Waals surface area contributed by atoms with Crippen LogP contribution in [0.2, 0.25) is 10.0 Å². The topological polar surface area (TPSA) is 134 Å². The molecule has 0 aliphatic rings. The van der Waals surface area contributed by atoms with E-state index in [0.717, 1.165) is 56.9 Å². The summed E-state index contributed by atoms with van der Waals surface area (Å²) < 4.78 is 5.39. The minimum atomic E-state index is -0.138. The second-order valence-corrected chi connectivity index (χ2v) is 13.5. The number of hydrogen-bond acceptors (Lipinski definition) is 6. The molecule has 53 heavy (non-hydrogen) atoms. The Morgan fingerprint density at radius 3 is 1.96 bits per heavy atom. The summed E-state index contributed by atoms with van der Waals surface area (Å²) in [5.74, 6) is -0.186. The predicted octanol–water partition coefficient (Wildman–Crippen LogP) is 4.89. The van der Waals surface area contributed by atoms with Crippen LogP contribution in [0, 0.1) is 6.92 Å². The van der Waals surface area contributed by atoms with Crippen LogP contribution in [0.3, 0.4) is 0 Å². The van der Waals surface area contributed by atoms with E-state index in [4.69, 9.17) is 23.2 Å². The van der Waals surface area contributed by atoms with Crippen LogP contribution >= 0.6 is 23.2 Å². The van der Waals surface area contributed by atoms with Crippen molar-refractivity contribution in [1.29, 1.82) is 0 Å². The van der Waals surface area contributed by atoms with E-state index in [9.17, 15) is 19.2 Å². The fourth-order valence-electron chi connectivity index (χ4n) is 6.00. The highest BCUT2D eigenvalue weighted by atomic mass is 35.5. The van der Waals surface area contributed by atoms with Crippen LogP contribution in [-0.2, 0) is 28.0 Å². The van der Waals surface area contributed by atoms with E-state index in [0.29, 0.717) is 54.8 Å². The monoisotopic (exact) mass is 758 g/mol. The van der Waals surface area contributed by atoms with Gasteiger partial charge in [0.15, 0.2) is 0 Å². The number of nitrogens with zero attached hydrogens (tertiary/aromatic N) is 4. The Kier molecular flexibility index (Phi) is 13.0. The predicted molar refractivity (Wildman–Crippen MR) is 212 cm³/mol. The molecule has 14 heteroatoms. The molecule has 4 N–H and O–H groups in total. The molecule has 0 radical (unpaired) electrons. The van der Waals surface area contributed by atoms with Crippen molar-refractivity contribution in [3.05, 3.63) is 105 Å². The quantitative estimate of drug-likeness (QED) is 0.0837. The number of benzene rings is 2. The van der Waals surface area contributed by atoms with Gasteiger partial charge in [-0.1, -0.05) is 59.6 Å². The lowest BCUT2D eigenvalue weighted by Crippen LogP contribution is -2.33. The Morgan fingerprint density at radius 2 is 1.38 bits per heavy atom. The summed E-state index contributed by atoms with van der Waals surface area (Å²) in [5.41, 5.74) is 7.60. The highest BCUT2D eigenvalue weighted by Crippen LogP contribution is 2.42. The number of aromatic nitrogens is 3. The number of fused-ring (bicyclic) bond motifs is 1. The van der Waals surface area contributed by atoms with Gasteiger partial charge in [-0.05, 0) is 19.1 Å². The van der Waals surface area contributed by atoms with Gasteiger partial charge in [-0.25, -0.2) is 0 Å². The molecule has 5 rings (SSSR count). The SMILES string of the molecule is CC(=O)NCCNC/C(=C/n1cc(-c2cccc(-c3cccc(-c4cc5c(=O)n(C)c(CNCCNC(C)=O)cn5c4)c3Cl)c2Cl)cc1C)N(C)C=O. The maximum Gasteiger partial charge on any atom is 0.274 e. The Balaban J connectivity index is 1.42. The van der Waals surface area contributed by atoms with Crippen molar-refractivity contribution in [1.82, 2.24) is 39.7 Å². The van der Waals surface area contributed by atoms with Crippen LogP contribution in [0.25, 0.3) is 45.1 Å². The number of carbonyl (C=O) groups is 3. The molecule has 0 spiro atoms. The van der Waals surface area contributed by atoms with Crippen LogP contribution in [0.15, 0.2) is 77.6 Å². The van der Waals surface area contributed by atoms with Gasteiger partial charge >= 0.3 is 0 Å². The first-order valence-electron chi connectivity index (χ1n) is 17.2. The molecule has 0 atom stereocenters. The lowest BCUT2D eigenvalue weighted by atomic mass is 9.97. The molecule has 0 unspecified atom stereocenters. The Morgan fingerprint density at radius 1 is 0.811 bits per heavy atom. The van der Waals surface area contributed by atoms with Crippen LogP contribution < -0.4 is 26.8 Å². The number of hydrogen-bond donors (Lipinski definition) is 4. The zero-order valence-corrected chi connectivity index (χ0v) is 31.9. The number of rotatable bonds is 16. The molecule has 5 aromatic rings. The highest BCUT2D eigenvalue weighted by molar-refractivity contribution is 6.39. The van der Waals surface area contributed by atoms with Gasteiger partial charge < -0.3 is 39.7 Å². The van der Waals surface area contributed by atoms with Gasteiger partial charge in [0.25, 0.3) is 5.56 Å². The average molecular weight is 760 g/mol. The first-order chi connectivity index (χ1) is 25.4. The maximum atomic E-state index is 13.4. The van der Waals surface area contributed by atoms with Crippen molar-refractivity contribution < 1.29 is 14.4 Å². The summed E-state index contributed by atoms with van der Waals surface area (Å²) >= 11 is 14.3. The first kappa shape index (κ1) is 39.1. The molecule has 0 bridgehead atoms. The third-order valence-corrected chi connectivity index (χ3v) is 9.73. The van der Waals surface area contributed by atoms with Gasteiger partial charge in [-0.15, -0.1) is 0 Å². The van der Waals surface area contributed by atoms with Crippen LogP contribution in [0.4, 0.5) is 0 Å². The lowest BCUT2D eigenvalue weighted by Gasteiger charge is -2.17. The zero-order valence-electron chi connectivity index (χ0n) is 30.4. The molecule has 0 aliphatic heterocycles. The number of carbonyl (C=O) groups excluding carboxylic acids is 3. The maximum absolute atomic E-state index is 13.4. The van der Waals surface area contributed by atoms with Crippen molar-refractivity contribution in [3.63, 3.8) is 0 Å². The van der Waals surface area contributed by atoms with E-state index in [2.05, 4.69) is 21.3 Å². The molecule has 0 fully saturated rings. The fourth-order valence-corrected chi connectivity index (χ4v) is 6.67. The van der Waals surface area contributed by atoms with Gasteiger partial charge in [-0.3, -0.25) is 19.2 Å². The van der Waals surface area contributed by atoms with Gasteiger partial charge in [-0.2, -0.15) is 0 Å². The molecule has 2 aromatic carbocycles. The summed E-state index contributed by atoms with van der Waals surface area (Å²) in [6.45, 7) is 7.88. The summed E-state index contributed by atoms with van der Waals surface area (Å²) in [5, 5.41) is 13.1. The van der Waals surface area contributed by atoms with E-state index in [1.165, 1.54) is 18.7 Å². The van der Waals surface area contributed by atoms with Crippen LogP contribution in [-0.4, -0.2) is 76.4 Å². The van der Waals surface area contributed by atoms with Crippen molar-refractivity contribution in [3.8, 4) is 33.4 Å². The van der Waals surface area contributed by atoms with Crippen molar-refractivity contribution in [2.75, 3.05) is 39.8 Å². The Bertz CT molecular complexity index is 2240. The van der Waals surface area contributed by atoms with Gasteiger partial charge in [0, 0.05) is 131 Å². The van der Waals surface area contributed by atoms with Crippen LogP contribution in [0.5, 0.6) is 0 Å². The van der Waals surface area contributed by atoms with E-state index in [-0.39, 0.29) is 17.4 Å². The largest absolute Gasteiger partial charge is 0.355 e. The van der Waals surface area contributed by atoms with Gasteiger partial charge in [0.1, 0.15) is 5.52 Å². The minimum Gasteiger partial charge on any atom is -0.355 e. The van der Waals surface area contributed by atoms with Crippen molar-refractivity contribution in [2.24, 2.45) is 7.05 Å². The standard InChI is InChI=1S/C39H44Cl2N8O4/c1-25-16-28(20-48(25)22-30(46(4)24-50)18-42-12-14-44-26(2)51)32-8-6-10-34(37(32)40)35-11-7-9-33(38(35)41)29-17-36-39(53)47(5)31(23-49(36)21-29)19-43-13-15-45-27(3)52/h6-11,16-17,20-24,42-43H,12-15,18-19H2,1-5H3,(H,44,51)(H,45,52)/b30-22-. The molecule has 0 saturated heterocycles. The number of likely N-dealkylation sites (N-methyl/N-ethyl adjacent to an activating group) is 1. The highest BCUT2D eigenvalue weighted by Gasteiger charge is 2.18. The number of amides is 3. The fraction of sp³-hybridized carbons (Fsp3) is 0.282. The third kappa shape index (κ3) is 9.27. The molecular weight excluding hydrogens is 715 g/mol. The molecule has 0 aliphatic carbocycles. The zero-order chi connectivity index (χ0) is 38.2. The lowest BCUT2D eigenvalue weighted by molar-refractivity contribution is -0.119. The molecule has 3 amide bonds. The van der Waals surface area contributed by atoms with E-state index >= 15 is 0 Å². The summed E-state index contributed by atoms with van der Waals surface area (Å²) in [6, 6.07) is 15.5. The molecule has 3 heterocycles. The smallest absolute Gasteiger partial charge is 0.274 e. The summed E-state index contributed by atoms with van der Waals surface area (Å²) in [6.07, 6.45) is 8.42. The summed E-state index contributed by atoms with van der Waals surface area (Å²) in [7, 11) is 3.43. The number of aryl methyl sites for hydroxylation is 1. The minimum absolute atomic E-state index is 0.0888. The second-order valence-electron chi connectivity index (χ2n) is 12.8. The van der Waals surface area contributed by atoms with Gasteiger partial charge in [0.05, 0.1) is 21.4 Å². The Labute approximate surface area is 318 Å². The van der Waals surface area contributed by atoms with Crippen molar-refractivity contribution in [2.45, 2.75) is 27.3 Å². The number of halogens is 2. The average Bonchev–Trinajstić information content (AvgIpc) is 3.72. The van der Waals surface area contributed by atoms with E-state index in [1.807, 2.05) is 89.2 Å². The van der Waals surface area contributed by atoms with Crippen molar-refractivity contribution >= 4 is 53.1 Å². The first-order valence-corrected chi connectivity index (χ1v) is 17.9. The summed E-state index contributed by atoms with van der Waals surface area (Å²) in [4.78, 5) is 48.9. The second kappa shape index (κ2) is 17.6. The normalized spacial score (nSPS) is 11.6. The molecule has 12 nitrogen and oxygen atoms in total. The van der Waals surface area contributed by atoms with E-state index < -0.39 is 0 Å². The van der Waals surface area contributed by atoms with E-state index in [1.54, 1.807) is 18.7 Å². The molecule has 3 aromatic heterocycles. The molecule has 0 saturated carbocycles. The van der Waals surface area contributed by atoms with Crippen LogP contribution in [0.1, 0.15) is 25.2 Å². The third-order valence-electron chi connectivity index (χ3n) is 8.91. The Hall–Kier alpha value is -5.14. The van der Waals surface area contributed by atoms with Gasteiger partial charge in [0.2, 0.25) is 18.2 Å². The molecule has 278 valence electrons. The number of nitrogens with one attached hydrogen (secondary N) is 4. The molecular formula is C39H44Cl2N8O4.